The van der Waals surface area contributed by atoms with Crippen molar-refractivity contribution >= 4 is 21.6 Å². The monoisotopic (exact) mass is 291 g/mol. The molecule has 1 rings (SSSR count). The summed E-state index contributed by atoms with van der Waals surface area (Å²) >= 11 is 5.70. The maximum Gasteiger partial charge on any atom is 0.240 e. The summed E-state index contributed by atoms with van der Waals surface area (Å²) in [5, 5.41) is 9.35. The quantitative estimate of drug-likeness (QED) is 0.756. The van der Waals surface area contributed by atoms with Crippen LogP contribution in [0.2, 0.25) is 5.02 Å². The van der Waals surface area contributed by atoms with Gasteiger partial charge >= 0.3 is 0 Å². The van der Waals surface area contributed by atoms with E-state index >= 15 is 0 Å². The molecule has 0 bridgehead atoms. The smallest absolute Gasteiger partial charge is 0.240 e. The van der Waals surface area contributed by atoms with E-state index in [1.54, 1.807) is 12.1 Å². The van der Waals surface area contributed by atoms with Crippen LogP contribution in [0.1, 0.15) is 19.8 Å². The summed E-state index contributed by atoms with van der Waals surface area (Å²) in [7, 11) is -3.45. The summed E-state index contributed by atoms with van der Waals surface area (Å²) in [5.74, 6) is 0.199. The molecule has 6 heteroatoms. The highest BCUT2D eigenvalue weighted by Gasteiger charge is 2.12. The van der Waals surface area contributed by atoms with Gasteiger partial charge in [-0.25, -0.2) is 13.1 Å². The van der Waals surface area contributed by atoms with Crippen molar-refractivity contribution in [1.82, 2.24) is 4.72 Å². The summed E-state index contributed by atoms with van der Waals surface area (Å²) in [6.45, 7) is 2.42. The van der Waals surface area contributed by atoms with E-state index in [9.17, 15) is 8.42 Å². The third kappa shape index (κ3) is 4.94. The first-order valence-electron chi connectivity index (χ1n) is 5.82. The van der Waals surface area contributed by atoms with Crippen molar-refractivity contribution in [2.24, 2.45) is 5.92 Å². The number of nitrogens with one attached hydrogen (secondary N) is 1. The van der Waals surface area contributed by atoms with E-state index in [2.05, 4.69) is 4.72 Å². The van der Waals surface area contributed by atoms with Gasteiger partial charge < -0.3 is 5.11 Å². The SMILES string of the molecule is CC(CO)CCCNS(=O)(=O)c1ccc(Cl)cc1. The minimum absolute atomic E-state index is 0.129. The predicted molar refractivity (Wildman–Crippen MR) is 72.1 cm³/mol. The third-order valence-electron chi connectivity index (χ3n) is 2.60. The lowest BCUT2D eigenvalue weighted by Crippen LogP contribution is -2.25. The van der Waals surface area contributed by atoms with E-state index in [0.717, 1.165) is 6.42 Å². The van der Waals surface area contributed by atoms with Gasteiger partial charge in [0.1, 0.15) is 0 Å². The highest BCUT2D eigenvalue weighted by molar-refractivity contribution is 7.89. The zero-order chi connectivity index (χ0) is 13.6. The van der Waals surface area contributed by atoms with Crippen molar-refractivity contribution in [2.75, 3.05) is 13.2 Å². The number of aliphatic hydroxyl groups excluding tert-OH is 1. The van der Waals surface area contributed by atoms with Crippen LogP contribution in [-0.2, 0) is 10.0 Å². The number of sulfonamides is 1. The highest BCUT2D eigenvalue weighted by Crippen LogP contribution is 2.14. The number of halogens is 1. The van der Waals surface area contributed by atoms with Gasteiger partial charge in [-0.15, -0.1) is 0 Å². The molecule has 0 aliphatic heterocycles. The molecule has 0 spiro atoms. The fraction of sp³-hybridized carbons (Fsp3) is 0.500. The molecule has 0 aliphatic carbocycles. The summed E-state index contributed by atoms with van der Waals surface area (Å²) < 4.78 is 26.2. The second kappa shape index (κ2) is 7.09. The molecular formula is C12H18ClNO3S. The fourth-order valence-corrected chi connectivity index (χ4v) is 2.65. The van der Waals surface area contributed by atoms with E-state index < -0.39 is 10.0 Å². The molecule has 2 N–H and O–H groups in total. The summed E-state index contributed by atoms with van der Waals surface area (Å²) in [6.07, 6.45) is 1.49. The van der Waals surface area contributed by atoms with Crippen LogP contribution in [0.4, 0.5) is 0 Å². The van der Waals surface area contributed by atoms with E-state index in [1.165, 1.54) is 12.1 Å². The van der Waals surface area contributed by atoms with Crippen molar-refractivity contribution in [3.63, 3.8) is 0 Å². The van der Waals surface area contributed by atoms with Crippen LogP contribution in [0.25, 0.3) is 0 Å². The molecule has 1 aromatic rings. The Hall–Kier alpha value is -0.620. The number of rotatable bonds is 7. The molecular weight excluding hydrogens is 274 g/mol. The molecule has 1 unspecified atom stereocenters. The second-order valence-corrected chi connectivity index (χ2v) is 6.49. The molecule has 0 fully saturated rings. The molecule has 4 nitrogen and oxygen atoms in total. The summed E-state index contributed by atoms with van der Waals surface area (Å²) in [6, 6.07) is 6.04. The zero-order valence-electron chi connectivity index (χ0n) is 10.3. The molecule has 102 valence electrons. The lowest BCUT2D eigenvalue weighted by Gasteiger charge is -2.09. The van der Waals surface area contributed by atoms with E-state index in [4.69, 9.17) is 16.7 Å². The lowest BCUT2D eigenvalue weighted by molar-refractivity contribution is 0.228. The standard InChI is InChI=1S/C12H18ClNO3S/c1-10(9-15)3-2-8-14-18(16,17)12-6-4-11(13)5-7-12/h4-7,10,14-15H,2-3,8-9H2,1H3. The van der Waals surface area contributed by atoms with E-state index in [-0.39, 0.29) is 17.4 Å². The van der Waals surface area contributed by atoms with Gasteiger partial charge in [0.15, 0.2) is 0 Å². The van der Waals surface area contributed by atoms with Crippen molar-refractivity contribution in [1.29, 1.82) is 0 Å². The van der Waals surface area contributed by atoms with Gasteiger partial charge in [-0.3, -0.25) is 0 Å². The van der Waals surface area contributed by atoms with Crippen LogP contribution in [0, 0.1) is 5.92 Å². The largest absolute Gasteiger partial charge is 0.396 e. The van der Waals surface area contributed by atoms with Gasteiger partial charge in [-0.1, -0.05) is 18.5 Å². The van der Waals surface area contributed by atoms with Gasteiger partial charge in [-0.2, -0.15) is 0 Å². The average Bonchev–Trinajstić information content (AvgIpc) is 2.35. The second-order valence-electron chi connectivity index (χ2n) is 4.28. The zero-order valence-corrected chi connectivity index (χ0v) is 11.8. The first kappa shape index (κ1) is 15.4. The Labute approximate surface area is 113 Å². The number of hydrogen-bond donors (Lipinski definition) is 2. The summed E-state index contributed by atoms with van der Waals surface area (Å²) in [5.41, 5.74) is 0. The number of benzene rings is 1. The van der Waals surface area contributed by atoms with Crippen molar-refractivity contribution < 1.29 is 13.5 Å². The highest BCUT2D eigenvalue weighted by atomic mass is 35.5. The maximum atomic E-state index is 11.9. The molecule has 0 saturated carbocycles. The van der Waals surface area contributed by atoms with Crippen molar-refractivity contribution in [3.8, 4) is 0 Å². The van der Waals surface area contributed by atoms with Crippen LogP contribution in [-0.4, -0.2) is 26.7 Å². The minimum atomic E-state index is -3.45. The Morgan fingerprint density at radius 2 is 1.94 bits per heavy atom. The molecule has 1 atom stereocenters. The fourth-order valence-electron chi connectivity index (χ4n) is 1.45. The van der Waals surface area contributed by atoms with Crippen LogP contribution in [0.3, 0.4) is 0 Å². The molecule has 0 aromatic heterocycles. The van der Waals surface area contributed by atoms with Crippen LogP contribution >= 0.6 is 11.6 Å². The average molecular weight is 292 g/mol. The van der Waals surface area contributed by atoms with Crippen LogP contribution < -0.4 is 4.72 Å². The Kier molecular flexibility index (Phi) is 6.08. The molecule has 0 saturated heterocycles. The normalized spacial score (nSPS) is 13.5. The Bertz CT molecular complexity index is 459. The van der Waals surface area contributed by atoms with E-state index in [1.807, 2.05) is 6.92 Å². The topological polar surface area (TPSA) is 66.4 Å². The molecule has 0 heterocycles. The van der Waals surface area contributed by atoms with Gasteiger partial charge in [0.05, 0.1) is 4.90 Å². The first-order chi connectivity index (χ1) is 8.45. The van der Waals surface area contributed by atoms with Gasteiger partial charge in [-0.05, 0) is 43.0 Å². The maximum absolute atomic E-state index is 11.9. The minimum Gasteiger partial charge on any atom is -0.396 e. The lowest BCUT2D eigenvalue weighted by atomic mass is 10.1. The van der Waals surface area contributed by atoms with Crippen LogP contribution in [0.5, 0.6) is 0 Å². The molecule has 1 aromatic carbocycles. The van der Waals surface area contributed by atoms with Crippen LogP contribution in [0.15, 0.2) is 29.2 Å². The van der Waals surface area contributed by atoms with Gasteiger partial charge in [0.2, 0.25) is 10.0 Å². The first-order valence-corrected chi connectivity index (χ1v) is 7.68. The molecule has 18 heavy (non-hydrogen) atoms. The molecule has 0 aliphatic rings. The number of aliphatic hydroxyl groups is 1. The Morgan fingerprint density at radius 3 is 2.50 bits per heavy atom. The summed E-state index contributed by atoms with van der Waals surface area (Å²) in [4.78, 5) is 0.210. The van der Waals surface area contributed by atoms with Gasteiger partial charge in [0, 0.05) is 18.2 Å². The predicted octanol–water partition coefficient (Wildman–Crippen LogP) is 2.03. The van der Waals surface area contributed by atoms with Crippen molar-refractivity contribution in [3.05, 3.63) is 29.3 Å². The third-order valence-corrected chi connectivity index (χ3v) is 4.33. The van der Waals surface area contributed by atoms with Crippen molar-refractivity contribution in [2.45, 2.75) is 24.7 Å². The Balaban J connectivity index is 2.48. The van der Waals surface area contributed by atoms with E-state index in [0.29, 0.717) is 18.0 Å². The molecule has 0 radical (unpaired) electrons. The number of hydrogen-bond acceptors (Lipinski definition) is 3. The van der Waals surface area contributed by atoms with Gasteiger partial charge in [0.25, 0.3) is 0 Å². The Morgan fingerprint density at radius 1 is 1.33 bits per heavy atom. The molecule has 0 amide bonds.